The number of para-hydroxylation sites is 1. The van der Waals surface area contributed by atoms with E-state index in [0.717, 1.165) is 0 Å². The van der Waals surface area contributed by atoms with Crippen LogP contribution in [0.15, 0.2) is 63.5 Å². The fourth-order valence-corrected chi connectivity index (χ4v) is 5.51. The van der Waals surface area contributed by atoms with Crippen LogP contribution in [-0.2, 0) is 19.0 Å². The number of esters is 2. The van der Waals surface area contributed by atoms with E-state index in [2.05, 4.69) is 4.99 Å². The van der Waals surface area contributed by atoms with E-state index >= 15 is 0 Å². The molecule has 0 radical (unpaired) electrons. The highest BCUT2D eigenvalue weighted by atomic mass is 32.1. The Kier molecular flexibility index (Phi) is 9.74. The van der Waals surface area contributed by atoms with E-state index in [1.54, 1.807) is 62.4 Å². The van der Waals surface area contributed by atoms with Crippen molar-refractivity contribution in [2.75, 3.05) is 40.6 Å². The summed E-state index contributed by atoms with van der Waals surface area (Å²) in [6, 6.07) is 11.2. The van der Waals surface area contributed by atoms with Crippen molar-refractivity contribution in [1.82, 2.24) is 4.57 Å². The van der Waals surface area contributed by atoms with E-state index in [4.69, 9.17) is 23.7 Å². The van der Waals surface area contributed by atoms with E-state index in [1.807, 2.05) is 6.92 Å². The van der Waals surface area contributed by atoms with Gasteiger partial charge < -0.3 is 23.7 Å². The number of methoxy groups -OCH3 is 2. The lowest BCUT2D eigenvalue weighted by molar-refractivity contribution is -0.140. The molecule has 0 amide bonds. The summed E-state index contributed by atoms with van der Waals surface area (Å²) in [5.74, 6) is -0.136. The molecule has 0 saturated carbocycles. The fraction of sp³-hybridized carbons (Fsp3) is 0.333. The normalized spacial score (nSPS) is 14.8. The van der Waals surface area contributed by atoms with Gasteiger partial charge in [-0.3, -0.25) is 9.36 Å². The summed E-state index contributed by atoms with van der Waals surface area (Å²) in [5.41, 5.74) is 1.99. The zero-order valence-corrected chi connectivity index (χ0v) is 24.4. The number of fused-ring (bicyclic) bond motifs is 1. The van der Waals surface area contributed by atoms with E-state index in [0.29, 0.717) is 49.8 Å². The number of aromatic nitrogens is 1. The second kappa shape index (κ2) is 13.4. The van der Waals surface area contributed by atoms with Crippen molar-refractivity contribution in [2.24, 2.45) is 4.99 Å². The highest BCUT2D eigenvalue weighted by Crippen LogP contribution is 2.40. The minimum absolute atomic E-state index is 0.0431. The van der Waals surface area contributed by atoms with Gasteiger partial charge in [0.25, 0.3) is 5.56 Å². The van der Waals surface area contributed by atoms with Crippen molar-refractivity contribution in [1.29, 1.82) is 0 Å². The second-order valence-corrected chi connectivity index (χ2v) is 9.87. The molecule has 2 aromatic carbocycles. The molecule has 216 valence electrons. The number of ether oxygens (including phenoxy) is 5. The van der Waals surface area contributed by atoms with Crippen LogP contribution in [0, 0.1) is 0 Å². The first-order valence-corrected chi connectivity index (χ1v) is 13.9. The first-order chi connectivity index (χ1) is 19.8. The second-order valence-electron chi connectivity index (χ2n) is 8.86. The summed E-state index contributed by atoms with van der Waals surface area (Å²) < 4.78 is 29.0. The van der Waals surface area contributed by atoms with Crippen LogP contribution in [0.1, 0.15) is 48.3 Å². The van der Waals surface area contributed by atoms with Gasteiger partial charge in [0.15, 0.2) is 16.3 Å². The van der Waals surface area contributed by atoms with E-state index in [1.165, 1.54) is 30.1 Å². The van der Waals surface area contributed by atoms with Crippen molar-refractivity contribution < 1.29 is 33.3 Å². The molecule has 0 fully saturated rings. The average Bonchev–Trinajstić information content (AvgIpc) is 3.27. The minimum Gasteiger partial charge on any atom is -0.493 e. The van der Waals surface area contributed by atoms with Gasteiger partial charge in [0.05, 0.1) is 48.3 Å². The third kappa shape index (κ3) is 6.26. The van der Waals surface area contributed by atoms with Crippen molar-refractivity contribution in [3.8, 4) is 11.5 Å². The topological polar surface area (TPSA) is 115 Å². The predicted octanol–water partition coefficient (Wildman–Crippen LogP) is 3.01. The van der Waals surface area contributed by atoms with Crippen LogP contribution in [0.2, 0.25) is 0 Å². The minimum atomic E-state index is -0.883. The Labute approximate surface area is 241 Å². The molecule has 1 aliphatic heterocycles. The summed E-state index contributed by atoms with van der Waals surface area (Å²) >= 11 is 1.20. The molecule has 41 heavy (non-hydrogen) atoms. The number of benzene rings is 2. The Morgan fingerprint density at radius 3 is 2.41 bits per heavy atom. The quantitative estimate of drug-likeness (QED) is 0.251. The lowest BCUT2D eigenvalue weighted by Gasteiger charge is -2.27. The SMILES string of the molecule is CCOC(=O)c1ccc(/C=c2/sc3n(c2=O)[C@H](c2cccc(OC)c2OCC)C(C(=O)OCCOC)=C(C)N=3)cc1. The zero-order chi connectivity index (χ0) is 29.5. The standard InChI is InChI=1S/C30H32N2O8S/c1-6-38-26-21(9-8-10-22(26)37-5)25-24(29(35)40-16-15-36-4)18(3)31-30-32(25)27(33)23(41-30)17-19-11-13-20(14-12-19)28(34)39-7-2/h8-14,17,25H,6-7,15-16H2,1-5H3/b23-17+/t25-/m1/s1. The molecule has 0 saturated heterocycles. The van der Waals surface area contributed by atoms with Gasteiger partial charge in [0.2, 0.25) is 0 Å². The van der Waals surface area contributed by atoms with E-state index in [-0.39, 0.29) is 31.0 Å². The van der Waals surface area contributed by atoms with Gasteiger partial charge in [-0.15, -0.1) is 0 Å². The first-order valence-electron chi connectivity index (χ1n) is 13.1. The molecule has 0 spiro atoms. The molecule has 4 rings (SSSR count). The molecule has 0 N–H and O–H groups in total. The maximum Gasteiger partial charge on any atom is 0.338 e. The number of carbonyl (C=O) groups excluding carboxylic acids is 2. The number of thiazole rings is 1. The largest absolute Gasteiger partial charge is 0.493 e. The molecular weight excluding hydrogens is 548 g/mol. The average molecular weight is 581 g/mol. The summed E-state index contributed by atoms with van der Waals surface area (Å²) in [5, 5.41) is 0. The Morgan fingerprint density at radius 2 is 1.76 bits per heavy atom. The van der Waals surface area contributed by atoms with Gasteiger partial charge >= 0.3 is 11.9 Å². The van der Waals surface area contributed by atoms with Crippen molar-refractivity contribution in [3.63, 3.8) is 0 Å². The zero-order valence-electron chi connectivity index (χ0n) is 23.6. The van der Waals surface area contributed by atoms with Crippen molar-refractivity contribution in [2.45, 2.75) is 26.8 Å². The molecule has 10 nitrogen and oxygen atoms in total. The lowest BCUT2D eigenvalue weighted by atomic mass is 9.94. The fourth-order valence-electron chi connectivity index (χ4n) is 4.46. The van der Waals surface area contributed by atoms with E-state index in [9.17, 15) is 14.4 Å². The summed E-state index contributed by atoms with van der Waals surface area (Å²) in [4.78, 5) is 44.5. The molecule has 3 aromatic rings. The van der Waals surface area contributed by atoms with Gasteiger partial charge in [0.1, 0.15) is 12.6 Å². The van der Waals surface area contributed by atoms with Gasteiger partial charge in [-0.1, -0.05) is 35.6 Å². The molecule has 11 heteroatoms. The summed E-state index contributed by atoms with van der Waals surface area (Å²) in [7, 11) is 3.04. The van der Waals surface area contributed by atoms with Crippen LogP contribution in [0.25, 0.3) is 6.08 Å². The van der Waals surface area contributed by atoms with Gasteiger partial charge in [-0.25, -0.2) is 14.6 Å². The number of allylic oxidation sites excluding steroid dienone is 1. The predicted molar refractivity (Wildman–Crippen MR) is 153 cm³/mol. The van der Waals surface area contributed by atoms with Crippen LogP contribution < -0.4 is 24.4 Å². The Bertz CT molecular complexity index is 1640. The molecular formula is C30H32N2O8S. The number of hydrogen-bond donors (Lipinski definition) is 0. The van der Waals surface area contributed by atoms with Gasteiger partial charge in [0, 0.05) is 12.7 Å². The van der Waals surface area contributed by atoms with Crippen molar-refractivity contribution >= 4 is 29.4 Å². The number of nitrogens with zero attached hydrogens (tertiary/aromatic N) is 2. The Hall–Kier alpha value is -4.22. The summed E-state index contributed by atoms with van der Waals surface area (Å²) in [6.45, 7) is 6.19. The third-order valence-corrected chi connectivity index (χ3v) is 7.28. The molecule has 1 aliphatic rings. The van der Waals surface area contributed by atoms with Gasteiger partial charge in [-0.2, -0.15) is 0 Å². The van der Waals surface area contributed by atoms with Crippen molar-refractivity contribution in [3.05, 3.63) is 90.1 Å². The molecule has 1 aromatic heterocycles. The number of hydrogen-bond acceptors (Lipinski definition) is 10. The highest BCUT2D eigenvalue weighted by molar-refractivity contribution is 7.07. The third-order valence-electron chi connectivity index (χ3n) is 6.29. The Morgan fingerprint density at radius 1 is 1.00 bits per heavy atom. The smallest absolute Gasteiger partial charge is 0.338 e. The molecule has 0 bridgehead atoms. The maximum atomic E-state index is 14.0. The monoisotopic (exact) mass is 580 g/mol. The number of carbonyl (C=O) groups is 2. The van der Waals surface area contributed by atoms with Gasteiger partial charge in [-0.05, 0) is 50.6 Å². The summed E-state index contributed by atoms with van der Waals surface area (Å²) in [6.07, 6.45) is 1.72. The van der Waals surface area contributed by atoms with Crippen LogP contribution in [-0.4, -0.2) is 57.2 Å². The lowest BCUT2D eigenvalue weighted by Crippen LogP contribution is -2.40. The van der Waals surface area contributed by atoms with E-state index < -0.39 is 18.0 Å². The van der Waals surface area contributed by atoms with Crippen LogP contribution >= 0.6 is 11.3 Å². The molecule has 1 atom stereocenters. The molecule has 0 unspecified atom stereocenters. The molecule has 2 heterocycles. The Balaban J connectivity index is 1.89. The van der Waals surface area contributed by atoms with Crippen LogP contribution in [0.4, 0.5) is 0 Å². The van der Waals surface area contributed by atoms with Crippen LogP contribution in [0.5, 0.6) is 11.5 Å². The number of rotatable bonds is 11. The van der Waals surface area contributed by atoms with Crippen LogP contribution in [0.3, 0.4) is 0 Å². The first kappa shape index (κ1) is 29.8. The highest BCUT2D eigenvalue weighted by Gasteiger charge is 2.36. The molecule has 0 aliphatic carbocycles. The maximum absolute atomic E-state index is 14.0.